The average molecular weight is 309 g/mol. The predicted octanol–water partition coefficient (Wildman–Crippen LogP) is 1.40. The molecule has 0 unspecified atom stereocenters. The van der Waals surface area contributed by atoms with Gasteiger partial charge in [0.1, 0.15) is 11.6 Å². The van der Waals surface area contributed by atoms with Crippen LogP contribution in [0.2, 0.25) is 0 Å². The van der Waals surface area contributed by atoms with Crippen molar-refractivity contribution in [3.8, 4) is 0 Å². The van der Waals surface area contributed by atoms with Gasteiger partial charge in [-0.3, -0.25) is 9.59 Å². The third-order valence-electron chi connectivity index (χ3n) is 1.69. The Morgan fingerprint density at radius 3 is 2.21 bits per heavy atom. The van der Waals surface area contributed by atoms with Crippen molar-refractivity contribution in [3.05, 3.63) is 35.9 Å². The van der Waals surface area contributed by atoms with Gasteiger partial charge in [-0.25, -0.2) is 0 Å². The van der Waals surface area contributed by atoms with Crippen LogP contribution in [0.15, 0.2) is 30.3 Å². The number of hydrogen-bond donors (Lipinski definition) is 0. The molecule has 0 aliphatic heterocycles. The van der Waals surface area contributed by atoms with Crippen LogP contribution in [0, 0.1) is 0 Å². The largest absolute Gasteiger partial charge is 0.300 e. The van der Waals surface area contributed by atoms with E-state index >= 15 is 0 Å². The van der Waals surface area contributed by atoms with Crippen LogP contribution >= 0.6 is 0 Å². The van der Waals surface area contributed by atoms with E-state index in [2.05, 4.69) is 0 Å². The second-order valence-corrected chi connectivity index (χ2v) is 3.08. The minimum atomic E-state index is -0.0686. The first-order valence-electron chi connectivity index (χ1n) is 4.23. The van der Waals surface area contributed by atoms with Crippen LogP contribution in [-0.4, -0.2) is 80.5 Å². The number of rotatable bonds is 4. The van der Waals surface area contributed by atoms with Gasteiger partial charge in [0.15, 0.2) is 0 Å². The van der Waals surface area contributed by atoms with E-state index in [0.29, 0.717) is 6.42 Å². The molecule has 1 rings (SSSR count). The van der Waals surface area contributed by atoms with Gasteiger partial charge in [0.2, 0.25) is 0 Å². The van der Waals surface area contributed by atoms with E-state index in [9.17, 15) is 9.59 Å². The summed E-state index contributed by atoms with van der Waals surface area (Å²) >= 11 is 0. The van der Waals surface area contributed by atoms with Gasteiger partial charge < -0.3 is 0 Å². The SMILES string of the molecule is CC(=O)CC(=O)Cc1ccccc1.[Cs]. The molecule has 0 heterocycles. The molecule has 1 aromatic carbocycles. The molecule has 0 spiro atoms. The Kier molecular flexibility index (Phi) is 8.19. The molecule has 1 aromatic rings. The van der Waals surface area contributed by atoms with Gasteiger partial charge in [-0.15, -0.1) is 0 Å². The van der Waals surface area contributed by atoms with E-state index < -0.39 is 0 Å². The van der Waals surface area contributed by atoms with Crippen molar-refractivity contribution in [1.29, 1.82) is 0 Å². The zero-order valence-electron chi connectivity index (χ0n) is 8.62. The van der Waals surface area contributed by atoms with Crippen LogP contribution in [0.4, 0.5) is 0 Å². The molecule has 0 aliphatic carbocycles. The van der Waals surface area contributed by atoms with Gasteiger partial charge in [0, 0.05) is 75.3 Å². The Balaban J connectivity index is 0.00000169. The van der Waals surface area contributed by atoms with Crippen molar-refractivity contribution in [1.82, 2.24) is 0 Å². The second-order valence-electron chi connectivity index (χ2n) is 3.08. The first-order chi connectivity index (χ1) is 6.18. The first-order valence-corrected chi connectivity index (χ1v) is 4.23. The minimum absolute atomic E-state index is 0. The maximum Gasteiger partial charge on any atom is 0.144 e. The Hall–Kier alpha value is 0.612. The first kappa shape index (κ1) is 14.6. The van der Waals surface area contributed by atoms with Crippen LogP contribution in [0.5, 0.6) is 0 Å². The molecule has 0 saturated carbocycles. The molecule has 0 N–H and O–H groups in total. The normalized spacial score (nSPS) is 8.93. The van der Waals surface area contributed by atoms with Crippen LogP contribution in [0.25, 0.3) is 0 Å². The fourth-order valence-electron chi connectivity index (χ4n) is 1.16. The summed E-state index contributed by atoms with van der Waals surface area (Å²) in [5, 5.41) is 0. The summed E-state index contributed by atoms with van der Waals surface area (Å²) in [7, 11) is 0. The number of carbonyl (C=O) groups is 2. The van der Waals surface area contributed by atoms with Crippen LogP contribution in [0.3, 0.4) is 0 Å². The number of Topliss-reactive ketones (excluding diaryl/α,β-unsaturated/α-hetero) is 2. The van der Waals surface area contributed by atoms with Gasteiger partial charge in [-0.05, 0) is 12.5 Å². The maximum absolute atomic E-state index is 11.2. The van der Waals surface area contributed by atoms with E-state index in [0.717, 1.165) is 5.56 Å². The van der Waals surface area contributed by atoms with E-state index in [1.165, 1.54) is 6.92 Å². The molecule has 1 radical (unpaired) electrons. The Bertz CT molecular complexity index is 306. The van der Waals surface area contributed by atoms with E-state index in [4.69, 9.17) is 0 Å². The zero-order chi connectivity index (χ0) is 9.68. The topological polar surface area (TPSA) is 34.1 Å². The summed E-state index contributed by atoms with van der Waals surface area (Å²) in [6.07, 6.45) is 0.412. The average Bonchev–Trinajstić information content (AvgIpc) is 2.04. The molecule has 0 amide bonds. The van der Waals surface area contributed by atoms with Crippen LogP contribution in [0.1, 0.15) is 18.9 Å². The van der Waals surface area contributed by atoms with E-state index in [1.807, 2.05) is 30.3 Å². The molecule has 0 fully saturated rings. The van der Waals surface area contributed by atoms with Gasteiger partial charge in [0.05, 0.1) is 6.42 Å². The second kappa shape index (κ2) is 7.85. The fourth-order valence-corrected chi connectivity index (χ4v) is 1.16. The van der Waals surface area contributed by atoms with Crippen molar-refractivity contribution in [2.45, 2.75) is 19.8 Å². The van der Waals surface area contributed by atoms with E-state index in [-0.39, 0.29) is 86.9 Å². The molecule has 0 bridgehead atoms. The maximum atomic E-state index is 11.2. The molecule has 0 aliphatic rings. The summed E-state index contributed by atoms with van der Waals surface area (Å²) in [6, 6.07) is 9.45. The van der Waals surface area contributed by atoms with Crippen molar-refractivity contribution < 1.29 is 9.59 Å². The van der Waals surface area contributed by atoms with Gasteiger partial charge in [-0.1, -0.05) is 30.3 Å². The fraction of sp³-hybridized carbons (Fsp3) is 0.273. The predicted molar refractivity (Wildman–Crippen MR) is 56.2 cm³/mol. The van der Waals surface area contributed by atoms with Crippen LogP contribution in [-0.2, 0) is 16.0 Å². The molecule has 0 saturated heterocycles. The molecule has 3 heteroatoms. The van der Waals surface area contributed by atoms with Crippen molar-refractivity contribution in [2.24, 2.45) is 0 Å². The summed E-state index contributed by atoms with van der Waals surface area (Å²) in [5.41, 5.74) is 0.966. The molecule has 14 heavy (non-hydrogen) atoms. The Morgan fingerprint density at radius 2 is 1.71 bits per heavy atom. The number of carbonyl (C=O) groups excluding carboxylic acids is 2. The molecular formula is C11H12CsO2. The summed E-state index contributed by atoms with van der Waals surface area (Å²) < 4.78 is 0. The minimum Gasteiger partial charge on any atom is -0.300 e. The smallest absolute Gasteiger partial charge is 0.144 e. The Labute approximate surface area is 143 Å². The number of hydrogen-bond acceptors (Lipinski definition) is 2. The van der Waals surface area contributed by atoms with Crippen LogP contribution < -0.4 is 0 Å². The molecule has 0 atom stereocenters. The third-order valence-corrected chi connectivity index (χ3v) is 1.69. The molecule has 69 valence electrons. The summed E-state index contributed by atoms with van der Waals surface area (Å²) in [4.78, 5) is 21.8. The van der Waals surface area contributed by atoms with Crippen molar-refractivity contribution in [2.75, 3.05) is 0 Å². The quantitative estimate of drug-likeness (QED) is 0.788. The summed E-state index contributed by atoms with van der Waals surface area (Å²) in [5.74, 6) is -0.0837. The van der Waals surface area contributed by atoms with Crippen molar-refractivity contribution in [3.63, 3.8) is 0 Å². The zero-order valence-corrected chi connectivity index (χ0v) is 14.9. The Morgan fingerprint density at radius 1 is 1.14 bits per heavy atom. The van der Waals surface area contributed by atoms with E-state index in [1.54, 1.807) is 0 Å². The number of ketones is 2. The monoisotopic (exact) mass is 309 g/mol. The third kappa shape index (κ3) is 6.16. The summed E-state index contributed by atoms with van der Waals surface area (Å²) in [6.45, 7) is 1.43. The van der Waals surface area contributed by atoms with Gasteiger partial charge >= 0.3 is 0 Å². The molecule has 0 aromatic heterocycles. The molecular weight excluding hydrogens is 297 g/mol. The van der Waals surface area contributed by atoms with Crippen molar-refractivity contribution >= 4 is 80.5 Å². The number of benzene rings is 1. The van der Waals surface area contributed by atoms with Gasteiger partial charge in [0.25, 0.3) is 0 Å². The van der Waals surface area contributed by atoms with Gasteiger partial charge in [-0.2, -0.15) is 0 Å². The standard InChI is InChI=1S/C11H12O2.Cs/c1-9(12)7-11(13)8-10-5-3-2-4-6-10;/h2-6H,7-8H2,1H3;. The molecule has 2 nitrogen and oxygen atoms in total.